The molecule has 216 valence electrons. The Labute approximate surface area is 272 Å². The first-order chi connectivity index (χ1) is 23.3. The molecule has 0 fully saturated rings. The van der Waals surface area contributed by atoms with Crippen LogP contribution in [0.4, 0.5) is 0 Å². The van der Waals surface area contributed by atoms with Gasteiger partial charge in [0.1, 0.15) is 4.83 Å². The molecule has 3 aromatic heterocycles. The molecule has 0 spiro atoms. The van der Waals surface area contributed by atoms with Crippen LogP contribution in [-0.2, 0) is 0 Å². The van der Waals surface area contributed by atoms with Crippen LogP contribution in [0.3, 0.4) is 0 Å². The molecule has 0 unspecified atom stereocenters. The quantitative estimate of drug-likeness (QED) is 0.182. The first-order valence-corrected chi connectivity index (χ1v) is 16.7. The molecule has 0 aliphatic rings. The van der Waals surface area contributed by atoms with Crippen molar-refractivity contribution >= 4 is 96.3 Å². The van der Waals surface area contributed by atoms with Crippen molar-refractivity contribution in [2.75, 3.05) is 0 Å². The van der Waals surface area contributed by atoms with E-state index in [1.54, 1.807) is 11.3 Å². The number of pyridine rings is 1. The number of benzene rings is 8. The molecule has 0 bridgehead atoms. The van der Waals surface area contributed by atoms with Gasteiger partial charge in [0, 0.05) is 39.0 Å². The topological polar surface area (TPSA) is 38.7 Å². The summed E-state index contributed by atoms with van der Waals surface area (Å²) in [6, 6.07) is 46.3. The summed E-state index contributed by atoms with van der Waals surface area (Å²) in [5.74, 6) is 0.680. The Bertz CT molecular complexity index is 3070. The molecule has 47 heavy (non-hydrogen) atoms. The fraction of sp³-hybridized carbons (Fsp3) is 0. The summed E-state index contributed by atoms with van der Waals surface area (Å²) >= 11 is 1.75. The number of hydrogen-bond donors (Lipinski definition) is 0. The van der Waals surface area contributed by atoms with Gasteiger partial charge in [0.2, 0.25) is 0 Å². The van der Waals surface area contributed by atoms with Crippen LogP contribution in [0.2, 0.25) is 0 Å². The van der Waals surface area contributed by atoms with Gasteiger partial charge < -0.3 is 0 Å². The number of rotatable bonds is 2. The molecule has 0 aliphatic carbocycles. The first kappa shape index (κ1) is 25.2. The molecular weight excluding hydrogens is 591 g/mol. The van der Waals surface area contributed by atoms with E-state index in [0.29, 0.717) is 5.82 Å². The highest BCUT2D eigenvalue weighted by atomic mass is 32.1. The molecule has 11 aromatic rings. The fourth-order valence-corrected chi connectivity index (χ4v) is 8.83. The Balaban J connectivity index is 1.11. The third-order valence-electron chi connectivity index (χ3n) is 9.91. The lowest BCUT2D eigenvalue weighted by molar-refractivity contribution is 1.18. The Kier molecular flexibility index (Phi) is 4.99. The molecule has 3 nitrogen and oxygen atoms in total. The van der Waals surface area contributed by atoms with Gasteiger partial charge in [-0.2, -0.15) is 0 Å². The van der Waals surface area contributed by atoms with Gasteiger partial charge in [0.05, 0.1) is 5.69 Å². The van der Waals surface area contributed by atoms with Gasteiger partial charge in [-0.3, -0.25) is 0 Å². The second-order valence-electron chi connectivity index (χ2n) is 12.4. The SMILES string of the molecule is c1cc2ccc3ccc(-c4ccnc(-c5cnc6sc7cc8c9ccccc9c9ccccc9c8cc7c6c5)n4)c4ccc(c1)c2c34. The zero-order chi connectivity index (χ0) is 30.6. The van der Waals surface area contributed by atoms with Gasteiger partial charge in [0.25, 0.3) is 0 Å². The average Bonchev–Trinajstić information content (AvgIpc) is 3.50. The van der Waals surface area contributed by atoms with Gasteiger partial charge in [-0.15, -0.1) is 11.3 Å². The average molecular weight is 614 g/mol. The van der Waals surface area contributed by atoms with Crippen LogP contribution in [-0.4, -0.2) is 15.0 Å². The highest BCUT2D eigenvalue weighted by molar-refractivity contribution is 7.25. The Morgan fingerprint density at radius 2 is 1.11 bits per heavy atom. The van der Waals surface area contributed by atoms with Crippen molar-refractivity contribution in [1.82, 2.24) is 15.0 Å². The summed E-state index contributed by atoms with van der Waals surface area (Å²) in [7, 11) is 0. The van der Waals surface area contributed by atoms with E-state index in [1.165, 1.54) is 74.7 Å². The summed E-state index contributed by atoms with van der Waals surface area (Å²) in [4.78, 5) is 15.9. The predicted molar refractivity (Wildman–Crippen MR) is 200 cm³/mol. The maximum Gasteiger partial charge on any atom is 0.161 e. The molecule has 0 amide bonds. The Morgan fingerprint density at radius 1 is 0.447 bits per heavy atom. The third-order valence-corrected chi connectivity index (χ3v) is 11.0. The standard InChI is InChI=1S/C43H23N3S/c1-3-10-30-28(8-1)29-9-2-4-11-31(29)35-22-39-36(21-34(30)35)37-20-27(23-45-43(37)47-39)42-44-19-18-38(46-42)32-16-14-26-13-12-24-6-5-7-25-15-17-33(32)41(26)40(24)25/h1-23H. The summed E-state index contributed by atoms with van der Waals surface area (Å²) in [6.45, 7) is 0. The lowest BCUT2D eigenvalue weighted by Crippen LogP contribution is -1.94. The van der Waals surface area contributed by atoms with Gasteiger partial charge in [-0.25, -0.2) is 15.0 Å². The second kappa shape index (κ2) is 9.29. The summed E-state index contributed by atoms with van der Waals surface area (Å²) < 4.78 is 1.24. The van der Waals surface area contributed by atoms with Crippen LogP contribution in [0.15, 0.2) is 140 Å². The van der Waals surface area contributed by atoms with E-state index in [1.807, 2.05) is 18.5 Å². The van der Waals surface area contributed by atoms with Gasteiger partial charge in [-0.1, -0.05) is 103 Å². The minimum Gasteiger partial charge on any atom is -0.245 e. The number of hydrogen-bond acceptors (Lipinski definition) is 4. The third kappa shape index (κ3) is 3.53. The molecule has 0 atom stereocenters. The van der Waals surface area contributed by atoms with E-state index >= 15 is 0 Å². The Hall–Kier alpha value is -5.97. The molecule has 0 saturated heterocycles. The highest BCUT2D eigenvalue weighted by Gasteiger charge is 2.16. The van der Waals surface area contributed by atoms with Crippen molar-refractivity contribution in [3.05, 3.63) is 140 Å². The monoisotopic (exact) mass is 613 g/mol. The summed E-state index contributed by atoms with van der Waals surface area (Å²) in [5.41, 5.74) is 2.94. The van der Waals surface area contributed by atoms with E-state index in [2.05, 4.69) is 121 Å². The van der Waals surface area contributed by atoms with Gasteiger partial charge in [0.15, 0.2) is 5.82 Å². The lowest BCUT2D eigenvalue weighted by atomic mass is 9.91. The molecule has 0 radical (unpaired) electrons. The van der Waals surface area contributed by atoms with E-state index < -0.39 is 0 Å². The molecule has 11 rings (SSSR count). The number of thiophene rings is 1. The van der Waals surface area contributed by atoms with Crippen LogP contribution in [0, 0.1) is 0 Å². The van der Waals surface area contributed by atoms with E-state index in [9.17, 15) is 0 Å². The minimum atomic E-state index is 0.680. The van der Waals surface area contributed by atoms with Crippen LogP contribution in [0.25, 0.3) is 108 Å². The molecule has 4 heteroatoms. The molecular formula is C43H23N3S. The van der Waals surface area contributed by atoms with Gasteiger partial charge >= 0.3 is 0 Å². The first-order valence-electron chi connectivity index (χ1n) is 15.8. The van der Waals surface area contributed by atoms with Crippen LogP contribution < -0.4 is 0 Å². The number of aromatic nitrogens is 3. The van der Waals surface area contributed by atoms with E-state index in [0.717, 1.165) is 27.0 Å². The molecule has 3 heterocycles. The maximum absolute atomic E-state index is 5.14. The van der Waals surface area contributed by atoms with Crippen LogP contribution >= 0.6 is 11.3 Å². The zero-order valence-electron chi connectivity index (χ0n) is 25.0. The molecule has 8 aromatic carbocycles. The van der Waals surface area contributed by atoms with Crippen molar-refractivity contribution in [3.63, 3.8) is 0 Å². The van der Waals surface area contributed by atoms with Crippen molar-refractivity contribution in [2.24, 2.45) is 0 Å². The van der Waals surface area contributed by atoms with Crippen molar-refractivity contribution in [2.45, 2.75) is 0 Å². The van der Waals surface area contributed by atoms with Gasteiger partial charge in [-0.05, 0) is 88.9 Å². The number of fused-ring (bicyclic) bond motifs is 9. The van der Waals surface area contributed by atoms with Crippen LogP contribution in [0.1, 0.15) is 0 Å². The Morgan fingerprint density at radius 3 is 1.87 bits per heavy atom. The second-order valence-corrected chi connectivity index (χ2v) is 13.4. The lowest BCUT2D eigenvalue weighted by Gasteiger charge is -2.14. The van der Waals surface area contributed by atoms with Crippen molar-refractivity contribution < 1.29 is 0 Å². The largest absolute Gasteiger partial charge is 0.245 e. The number of nitrogens with zero attached hydrogens (tertiary/aromatic N) is 3. The zero-order valence-corrected chi connectivity index (χ0v) is 25.8. The highest BCUT2D eigenvalue weighted by Crippen LogP contribution is 2.43. The van der Waals surface area contributed by atoms with E-state index in [-0.39, 0.29) is 0 Å². The predicted octanol–water partition coefficient (Wildman–Crippen LogP) is 11.9. The van der Waals surface area contributed by atoms with Crippen molar-refractivity contribution in [1.29, 1.82) is 0 Å². The maximum atomic E-state index is 5.14. The summed E-state index contributed by atoms with van der Waals surface area (Å²) in [6.07, 6.45) is 3.79. The molecule has 0 saturated carbocycles. The minimum absolute atomic E-state index is 0.680. The fourth-order valence-electron chi connectivity index (χ4n) is 7.79. The molecule has 0 aliphatic heterocycles. The van der Waals surface area contributed by atoms with Crippen LogP contribution in [0.5, 0.6) is 0 Å². The summed E-state index contributed by atoms with van der Waals surface area (Å²) in [5, 5.41) is 17.6. The van der Waals surface area contributed by atoms with E-state index in [4.69, 9.17) is 15.0 Å². The van der Waals surface area contributed by atoms with Crippen molar-refractivity contribution in [3.8, 4) is 22.6 Å². The normalized spacial score (nSPS) is 12.3. The molecule has 0 N–H and O–H groups in total. The smallest absolute Gasteiger partial charge is 0.161 e.